The molecule has 1 heterocycles. The number of benzene rings is 2. The van der Waals surface area contributed by atoms with E-state index in [1.165, 1.54) is 0 Å². The topological polar surface area (TPSA) is 101 Å². The standard InChI is InChI=1S/C19H20ClN5O3/c1-3-27-12-9-10-16(28-4-2)15(11-12)22-19(26)17-18(24-25-23-17)21-14-8-6-5-7-13(14)20/h5-11H,3-4H2,1-2H3,(H,22,26)(H2,21,23,24,25). The fraction of sp³-hybridized carbons (Fsp3) is 0.211. The number of hydrogen-bond acceptors (Lipinski definition) is 6. The molecule has 146 valence electrons. The summed E-state index contributed by atoms with van der Waals surface area (Å²) in [5.74, 6) is 0.946. The Morgan fingerprint density at radius 3 is 2.61 bits per heavy atom. The largest absolute Gasteiger partial charge is 0.494 e. The molecular weight excluding hydrogens is 382 g/mol. The van der Waals surface area contributed by atoms with Gasteiger partial charge in [0, 0.05) is 6.07 Å². The van der Waals surface area contributed by atoms with Gasteiger partial charge in [0.05, 0.1) is 29.6 Å². The number of rotatable bonds is 8. The first-order chi connectivity index (χ1) is 13.6. The Hall–Kier alpha value is -3.26. The predicted octanol–water partition coefficient (Wildman–Crippen LogP) is 4.25. The van der Waals surface area contributed by atoms with E-state index in [1.807, 2.05) is 26.0 Å². The van der Waals surface area contributed by atoms with Crippen LogP contribution in [0.15, 0.2) is 42.5 Å². The molecule has 0 radical (unpaired) electrons. The van der Waals surface area contributed by atoms with Crippen molar-refractivity contribution in [2.24, 2.45) is 0 Å². The van der Waals surface area contributed by atoms with Crippen LogP contribution in [0.2, 0.25) is 5.02 Å². The third kappa shape index (κ3) is 4.52. The van der Waals surface area contributed by atoms with E-state index in [0.717, 1.165) is 0 Å². The second-order valence-corrected chi connectivity index (χ2v) is 6.01. The monoisotopic (exact) mass is 401 g/mol. The molecule has 8 nitrogen and oxygen atoms in total. The molecule has 0 spiro atoms. The summed E-state index contributed by atoms with van der Waals surface area (Å²) in [5.41, 5.74) is 1.18. The molecule has 0 saturated carbocycles. The van der Waals surface area contributed by atoms with E-state index in [4.69, 9.17) is 21.1 Å². The minimum Gasteiger partial charge on any atom is -0.494 e. The highest BCUT2D eigenvalue weighted by Gasteiger charge is 2.19. The molecule has 3 N–H and O–H groups in total. The fourth-order valence-corrected chi connectivity index (χ4v) is 2.68. The molecular formula is C19H20ClN5O3. The number of carbonyl (C=O) groups is 1. The summed E-state index contributed by atoms with van der Waals surface area (Å²) in [5, 5.41) is 16.7. The number of amides is 1. The van der Waals surface area contributed by atoms with Crippen molar-refractivity contribution < 1.29 is 14.3 Å². The Kier molecular flexibility index (Phi) is 6.33. The van der Waals surface area contributed by atoms with Gasteiger partial charge in [0.15, 0.2) is 11.5 Å². The Bertz CT molecular complexity index is 960. The average molecular weight is 402 g/mol. The molecule has 0 aliphatic carbocycles. The maximum absolute atomic E-state index is 12.8. The molecule has 0 saturated heterocycles. The van der Waals surface area contributed by atoms with E-state index >= 15 is 0 Å². The van der Waals surface area contributed by atoms with Crippen LogP contribution in [0.3, 0.4) is 0 Å². The van der Waals surface area contributed by atoms with Crippen LogP contribution in [0.4, 0.5) is 17.2 Å². The molecule has 0 aliphatic heterocycles. The number of nitrogens with zero attached hydrogens (tertiary/aromatic N) is 2. The normalized spacial score (nSPS) is 10.4. The minimum atomic E-state index is -0.460. The molecule has 1 amide bonds. The number of halogens is 1. The summed E-state index contributed by atoms with van der Waals surface area (Å²) in [7, 11) is 0. The first-order valence-electron chi connectivity index (χ1n) is 8.75. The molecule has 9 heteroatoms. The molecule has 0 aliphatic rings. The van der Waals surface area contributed by atoms with Crippen molar-refractivity contribution in [2.45, 2.75) is 13.8 Å². The van der Waals surface area contributed by atoms with E-state index < -0.39 is 5.91 Å². The number of ether oxygens (including phenoxy) is 2. The first kappa shape index (κ1) is 19.5. The maximum Gasteiger partial charge on any atom is 0.280 e. The number of H-pyrrole nitrogens is 1. The van der Waals surface area contributed by atoms with E-state index in [0.29, 0.717) is 41.1 Å². The van der Waals surface area contributed by atoms with Crippen LogP contribution in [0, 0.1) is 0 Å². The van der Waals surface area contributed by atoms with Crippen LogP contribution >= 0.6 is 11.6 Å². The van der Waals surface area contributed by atoms with Gasteiger partial charge in [-0.2, -0.15) is 5.21 Å². The van der Waals surface area contributed by atoms with Crippen molar-refractivity contribution in [2.75, 3.05) is 23.8 Å². The second-order valence-electron chi connectivity index (χ2n) is 5.60. The SMILES string of the molecule is CCOc1ccc(OCC)c(NC(=O)c2n[nH]nc2Nc2ccccc2Cl)c1. The molecule has 2 aromatic carbocycles. The molecule has 0 bridgehead atoms. The number of anilines is 3. The summed E-state index contributed by atoms with van der Waals surface area (Å²) >= 11 is 6.15. The van der Waals surface area contributed by atoms with Gasteiger partial charge in [-0.05, 0) is 38.1 Å². The van der Waals surface area contributed by atoms with E-state index in [-0.39, 0.29) is 11.5 Å². The zero-order valence-electron chi connectivity index (χ0n) is 15.5. The van der Waals surface area contributed by atoms with Gasteiger partial charge in [-0.3, -0.25) is 4.79 Å². The van der Waals surface area contributed by atoms with Gasteiger partial charge in [-0.1, -0.05) is 23.7 Å². The number of aromatic amines is 1. The van der Waals surface area contributed by atoms with Gasteiger partial charge in [0.2, 0.25) is 0 Å². The minimum absolute atomic E-state index is 0.0872. The van der Waals surface area contributed by atoms with Crippen LogP contribution in [-0.4, -0.2) is 34.5 Å². The van der Waals surface area contributed by atoms with Gasteiger partial charge in [0.25, 0.3) is 5.91 Å². The molecule has 0 fully saturated rings. The lowest BCUT2D eigenvalue weighted by Gasteiger charge is -2.13. The molecule has 0 unspecified atom stereocenters. The Morgan fingerprint density at radius 1 is 1.07 bits per heavy atom. The summed E-state index contributed by atoms with van der Waals surface area (Å²) in [6, 6.07) is 12.4. The van der Waals surface area contributed by atoms with Crippen LogP contribution in [0.1, 0.15) is 24.3 Å². The van der Waals surface area contributed by atoms with Crippen LogP contribution < -0.4 is 20.1 Å². The zero-order valence-corrected chi connectivity index (χ0v) is 16.2. The third-order valence-corrected chi connectivity index (χ3v) is 4.03. The summed E-state index contributed by atoms with van der Waals surface area (Å²) in [6.45, 7) is 4.72. The third-order valence-electron chi connectivity index (χ3n) is 3.70. The first-order valence-corrected chi connectivity index (χ1v) is 9.13. The fourth-order valence-electron chi connectivity index (χ4n) is 2.49. The number of nitrogens with one attached hydrogen (secondary N) is 3. The zero-order chi connectivity index (χ0) is 19.9. The van der Waals surface area contributed by atoms with Crippen LogP contribution in [0.25, 0.3) is 0 Å². The highest BCUT2D eigenvalue weighted by atomic mass is 35.5. The van der Waals surface area contributed by atoms with Gasteiger partial charge < -0.3 is 20.1 Å². The quantitative estimate of drug-likeness (QED) is 0.521. The number of para-hydroxylation sites is 1. The van der Waals surface area contributed by atoms with Crippen LogP contribution in [-0.2, 0) is 0 Å². The van der Waals surface area contributed by atoms with Crippen molar-refractivity contribution >= 4 is 34.7 Å². The van der Waals surface area contributed by atoms with E-state index in [9.17, 15) is 4.79 Å². The smallest absolute Gasteiger partial charge is 0.280 e. The van der Waals surface area contributed by atoms with Crippen molar-refractivity contribution in [1.82, 2.24) is 15.4 Å². The Morgan fingerprint density at radius 2 is 1.86 bits per heavy atom. The Balaban J connectivity index is 1.83. The summed E-state index contributed by atoms with van der Waals surface area (Å²) < 4.78 is 11.1. The van der Waals surface area contributed by atoms with E-state index in [1.54, 1.807) is 30.3 Å². The molecule has 3 aromatic rings. The predicted molar refractivity (Wildman–Crippen MR) is 108 cm³/mol. The number of hydrogen-bond donors (Lipinski definition) is 3. The van der Waals surface area contributed by atoms with E-state index in [2.05, 4.69) is 26.0 Å². The lowest BCUT2D eigenvalue weighted by Crippen LogP contribution is -2.15. The van der Waals surface area contributed by atoms with Crippen molar-refractivity contribution in [3.63, 3.8) is 0 Å². The van der Waals surface area contributed by atoms with Gasteiger partial charge >= 0.3 is 0 Å². The summed E-state index contributed by atoms with van der Waals surface area (Å²) in [4.78, 5) is 12.8. The second kappa shape index (κ2) is 9.09. The molecule has 0 atom stereocenters. The van der Waals surface area contributed by atoms with Gasteiger partial charge in [-0.15, -0.1) is 10.2 Å². The maximum atomic E-state index is 12.8. The average Bonchev–Trinajstić information content (AvgIpc) is 3.14. The number of aromatic nitrogens is 3. The molecule has 1 aromatic heterocycles. The Labute approximate surface area is 167 Å². The lowest BCUT2D eigenvalue weighted by molar-refractivity contribution is 0.102. The van der Waals surface area contributed by atoms with Crippen LogP contribution in [0.5, 0.6) is 11.5 Å². The number of carbonyl (C=O) groups excluding carboxylic acids is 1. The highest BCUT2D eigenvalue weighted by Crippen LogP contribution is 2.31. The van der Waals surface area contributed by atoms with Crippen molar-refractivity contribution in [3.8, 4) is 11.5 Å². The highest BCUT2D eigenvalue weighted by molar-refractivity contribution is 6.33. The lowest BCUT2D eigenvalue weighted by atomic mass is 10.2. The van der Waals surface area contributed by atoms with Crippen molar-refractivity contribution in [1.29, 1.82) is 0 Å². The summed E-state index contributed by atoms with van der Waals surface area (Å²) in [6.07, 6.45) is 0. The van der Waals surface area contributed by atoms with Gasteiger partial charge in [0.1, 0.15) is 11.5 Å². The van der Waals surface area contributed by atoms with Crippen molar-refractivity contribution in [3.05, 3.63) is 53.2 Å². The van der Waals surface area contributed by atoms with Gasteiger partial charge in [-0.25, -0.2) is 0 Å². The molecule has 28 heavy (non-hydrogen) atoms. The molecule has 3 rings (SSSR count).